The highest BCUT2D eigenvalue weighted by Gasteiger charge is 2.52. The van der Waals surface area contributed by atoms with E-state index in [4.69, 9.17) is 9.47 Å². The van der Waals surface area contributed by atoms with Crippen LogP contribution in [0.1, 0.15) is 30.5 Å². The molecule has 3 aromatic carbocycles. The Balaban J connectivity index is 1.68. The highest BCUT2D eigenvalue weighted by atomic mass is 16.5. The smallest absolute Gasteiger partial charge is 0.249 e. The monoisotopic (exact) mass is 472 g/mol. The zero-order valence-corrected chi connectivity index (χ0v) is 20.7. The van der Waals surface area contributed by atoms with Gasteiger partial charge in [-0.25, -0.2) is 0 Å². The third kappa shape index (κ3) is 5.02. The second kappa shape index (κ2) is 10.2. The summed E-state index contributed by atoms with van der Waals surface area (Å²) in [4.78, 5) is 31.4. The zero-order valence-electron chi connectivity index (χ0n) is 20.7. The van der Waals surface area contributed by atoms with Crippen molar-refractivity contribution in [2.45, 2.75) is 44.9 Å². The third-order valence-corrected chi connectivity index (χ3v) is 6.81. The largest absolute Gasteiger partial charge is 0.497 e. The van der Waals surface area contributed by atoms with Crippen LogP contribution >= 0.6 is 0 Å². The minimum Gasteiger partial charge on any atom is -0.497 e. The van der Waals surface area contributed by atoms with Gasteiger partial charge in [0.2, 0.25) is 11.8 Å². The van der Waals surface area contributed by atoms with E-state index in [-0.39, 0.29) is 11.8 Å². The van der Waals surface area contributed by atoms with E-state index >= 15 is 0 Å². The van der Waals surface area contributed by atoms with Crippen molar-refractivity contribution in [2.75, 3.05) is 14.2 Å². The van der Waals surface area contributed by atoms with Gasteiger partial charge in [0, 0.05) is 19.5 Å². The summed E-state index contributed by atoms with van der Waals surface area (Å²) in [5.41, 5.74) is 1.87. The van der Waals surface area contributed by atoms with Gasteiger partial charge in [-0.1, -0.05) is 54.6 Å². The number of rotatable bonds is 8. The van der Waals surface area contributed by atoms with Crippen LogP contribution in [0.2, 0.25) is 0 Å². The summed E-state index contributed by atoms with van der Waals surface area (Å²) >= 11 is 0. The zero-order chi connectivity index (χ0) is 25.0. The van der Waals surface area contributed by atoms with Crippen molar-refractivity contribution in [2.24, 2.45) is 0 Å². The quantitative estimate of drug-likeness (QED) is 0.486. The van der Waals surface area contributed by atoms with E-state index in [0.717, 1.165) is 28.2 Å². The Kier molecular flexibility index (Phi) is 7.10. The Morgan fingerprint density at radius 2 is 1.26 bits per heavy atom. The molecule has 0 unspecified atom stereocenters. The van der Waals surface area contributed by atoms with Crippen LogP contribution < -0.4 is 9.47 Å². The van der Waals surface area contributed by atoms with Gasteiger partial charge in [0.15, 0.2) is 0 Å². The Bertz CT molecular complexity index is 1160. The highest BCUT2D eigenvalue weighted by molar-refractivity contribution is 5.99. The molecule has 0 N–H and O–H groups in total. The molecule has 0 aliphatic carbocycles. The molecule has 2 atom stereocenters. The molecule has 0 radical (unpaired) electrons. The SMILES string of the molecule is COc1ccc(CN2C(=O)[C@](C)(Cc3ccccc3)N(Cc3ccc(OC)cc3)C(=O)[C@H]2C)cc1. The number of piperazine rings is 1. The minimum atomic E-state index is -1.03. The number of ether oxygens (including phenoxy) is 2. The lowest BCUT2D eigenvalue weighted by Crippen LogP contribution is -2.70. The van der Waals surface area contributed by atoms with Gasteiger partial charge in [-0.15, -0.1) is 0 Å². The van der Waals surface area contributed by atoms with Crippen molar-refractivity contribution in [3.63, 3.8) is 0 Å². The molecular formula is C29H32N2O4. The maximum atomic E-state index is 14.1. The van der Waals surface area contributed by atoms with Crippen molar-refractivity contribution in [1.29, 1.82) is 0 Å². The Morgan fingerprint density at radius 1 is 0.743 bits per heavy atom. The summed E-state index contributed by atoms with van der Waals surface area (Å²) in [5.74, 6) is 1.38. The van der Waals surface area contributed by atoms with Crippen LogP contribution in [-0.4, -0.2) is 47.4 Å². The van der Waals surface area contributed by atoms with Crippen LogP contribution in [0.3, 0.4) is 0 Å². The number of benzene rings is 3. The summed E-state index contributed by atoms with van der Waals surface area (Å²) in [7, 11) is 3.24. The number of hydrogen-bond donors (Lipinski definition) is 0. The van der Waals surface area contributed by atoms with Crippen molar-refractivity contribution >= 4 is 11.8 Å². The highest BCUT2D eigenvalue weighted by Crippen LogP contribution is 2.33. The van der Waals surface area contributed by atoms with Crippen LogP contribution in [0.15, 0.2) is 78.9 Å². The fourth-order valence-corrected chi connectivity index (χ4v) is 4.67. The van der Waals surface area contributed by atoms with Gasteiger partial charge in [0.05, 0.1) is 14.2 Å². The maximum absolute atomic E-state index is 14.1. The minimum absolute atomic E-state index is 0.0576. The fourth-order valence-electron chi connectivity index (χ4n) is 4.67. The predicted molar refractivity (Wildman–Crippen MR) is 135 cm³/mol. The first-order valence-corrected chi connectivity index (χ1v) is 11.8. The molecule has 2 amide bonds. The topological polar surface area (TPSA) is 59.1 Å². The first-order valence-electron chi connectivity index (χ1n) is 11.8. The molecule has 3 aromatic rings. The molecule has 35 heavy (non-hydrogen) atoms. The lowest BCUT2D eigenvalue weighted by atomic mass is 9.85. The number of carbonyl (C=O) groups excluding carboxylic acids is 2. The summed E-state index contributed by atoms with van der Waals surface area (Å²) < 4.78 is 10.5. The van der Waals surface area contributed by atoms with E-state index < -0.39 is 11.6 Å². The second-order valence-electron chi connectivity index (χ2n) is 9.17. The molecular weight excluding hydrogens is 440 g/mol. The molecule has 1 saturated heterocycles. The van der Waals surface area contributed by atoms with Gasteiger partial charge in [0.25, 0.3) is 0 Å². The molecule has 6 heteroatoms. The average Bonchev–Trinajstić information content (AvgIpc) is 2.89. The molecule has 0 saturated carbocycles. The van der Waals surface area contributed by atoms with Crippen LogP contribution in [0.25, 0.3) is 0 Å². The molecule has 6 nitrogen and oxygen atoms in total. The molecule has 1 aliphatic rings. The molecule has 4 rings (SSSR count). The number of methoxy groups -OCH3 is 2. The standard InChI is InChI=1S/C29H32N2O4/c1-21-27(32)31(20-24-12-16-26(35-4)17-13-24)29(2,18-22-8-6-5-7-9-22)28(33)30(21)19-23-10-14-25(34-3)15-11-23/h5-17,21H,18-20H2,1-4H3/t21-,29+/m1/s1. The van der Waals surface area contributed by atoms with Crippen LogP contribution in [0.5, 0.6) is 11.5 Å². The Morgan fingerprint density at radius 3 is 1.77 bits per heavy atom. The van der Waals surface area contributed by atoms with Gasteiger partial charge in [0.1, 0.15) is 23.1 Å². The van der Waals surface area contributed by atoms with Crippen molar-refractivity contribution in [3.8, 4) is 11.5 Å². The van der Waals surface area contributed by atoms with E-state index in [9.17, 15) is 9.59 Å². The first kappa shape index (κ1) is 24.3. The van der Waals surface area contributed by atoms with Gasteiger partial charge >= 0.3 is 0 Å². The normalized spacial score (nSPS) is 20.2. The molecule has 1 aliphatic heterocycles. The molecule has 0 aromatic heterocycles. The number of carbonyl (C=O) groups is 2. The predicted octanol–water partition coefficient (Wildman–Crippen LogP) is 4.46. The number of nitrogens with zero attached hydrogens (tertiary/aromatic N) is 2. The Labute approximate surface area is 207 Å². The number of amides is 2. The van der Waals surface area contributed by atoms with Crippen LogP contribution in [0, 0.1) is 0 Å². The van der Waals surface area contributed by atoms with Gasteiger partial charge in [-0.3, -0.25) is 9.59 Å². The molecule has 0 bridgehead atoms. The lowest BCUT2D eigenvalue weighted by Gasteiger charge is -2.50. The number of hydrogen-bond acceptors (Lipinski definition) is 4. The molecule has 0 spiro atoms. The van der Waals surface area contributed by atoms with Crippen LogP contribution in [0.4, 0.5) is 0 Å². The summed E-state index contributed by atoms with van der Waals surface area (Å²) in [5, 5.41) is 0. The Hall–Kier alpha value is -3.80. The fraction of sp³-hybridized carbons (Fsp3) is 0.310. The molecule has 1 heterocycles. The van der Waals surface area contributed by atoms with Crippen molar-refractivity contribution < 1.29 is 19.1 Å². The van der Waals surface area contributed by atoms with Gasteiger partial charge < -0.3 is 19.3 Å². The second-order valence-corrected chi connectivity index (χ2v) is 9.17. The van der Waals surface area contributed by atoms with Gasteiger partial charge in [-0.05, 0) is 54.8 Å². The van der Waals surface area contributed by atoms with Crippen LogP contribution in [-0.2, 0) is 29.1 Å². The van der Waals surface area contributed by atoms with Crippen molar-refractivity contribution in [3.05, 3.63) is 95.6 Å². The summed E-state index contributed by atoms with van der Waals surface area (Å²) in [6.07, 6.45) is 0.431. The molecule has 182 valence electrons. The molecule has 1 fully saturated rings. The first-order chi connectivity index (χ1) is 16.9. The van der Waals surface area contributed by atoms with E-state index in [2.05, 4.69) is 0 Å². The van der Waals surface area contributed by atoms with Crippen molar-refractivity contribution in [1.82, 2.24) is 9.80 Å². The van der Waals surface area contributed by atoms with Gasteiger partial charge in [-0.2, -0.15) is 0 Å². The summed E-state index contributed by atoms with van der Waals surface area (Å²) in [6, 6.07) is 24.5. The van der Waals surface area contributed by atoms with E-state index in [1.807, 2.05) is 92.7 Å². The third-order valence-electron chi connectivity index (χ3n) is 6.81. The maximum Gasteiger partial charge on any atom is 0.249 e. The lowest BCUT2D eigenvalue weighted by molar-refractivity contribution is -0.170. The van der Waals surface area contributed by atoms with E-state index in [0.29, 0.717) is 19.5 Å². The average molecular weight is 473 g/mol. The van der Waals surface area contributed by atoms with E-state index in [1.165, 1.54) is 0 Å². The van der Waals surface area contributed by atoms with E-state index in [1.54, 1.807) is 24.0 Å². The summed E-state index contributed by atoms with van der Waals surface area (Å²) in [6.45, 7) is 4.40.